The summed E-state index contributed by atoms with van der Waals surface area (Å²) < 4.78 is 5.55. The van der Waals surface area contributed by atoms with Crippen molar-refractivity contribution >= 4 is 11.3 Å². The molecule has 0 bridgehead atoms. The maximum Gasteiger partial charge on any atom is 0.107 e. The number of nitrogens with one attached hydrogen (secondary N) is 1. The summed E-state index contributed by atoms with van der Waals surface area (Å²) in [5.74, 6) is 0. The summed E-state index contributed by atoms with van der Waals surface area (Å²) in [7, 11) is 0. The van der Waals surface area contributed by atoms with E-state index in [0.717, 1.165) is 26.2 Å². The van der Waals surface area contributed by atoms with Crippen LogP contribution in [0.3, 0.4) is 0 Å². The molecule has 1 aliphatic heterocycles. The van der Waals surface area contributed by atoms with Crippen molar-refractivity contribution in [1.29, 1.82) is 0 Å². The van der Waals surface area contributed by atoms with Gasteiger partial charge in [-0.2, -0.15) is 0 Å². The standard InChI is InChI=1S/C14H24N2OS/c1-13(2,3)11-9-18-12(16-11)8-15-14(4)6-5-7-17-10-14/h9,15H,5-8,10H2,1-4H3. The van der Waals surface area contributed by atoms with Gasteiger partial charge in [0.1, 0.15) is 5.01 Å². The van der Waals surface area contributed by atoms with Crippen LogP contribution in [-0.4, -0.2) is 23.7 Å². The molecule has 1 saturated heterocycles. The molecular weight excluding hydrogens is 244 g/mol. The van der Waals surface area contributed by atoms with E-state index in [9.17, 15) is 0 Å². The molecule has 1 aliphatic rings. The average Bonchev–Trinajstić information content (AvgIpc) is 2.76. The van der Waals surface area contributed by atoms with E-state index in [-0.39, 0.29) is 11.0 Å². The summed E-state index contributed by atoms with van der Waals surface area (Å²) in [4.78, 5) is 4.71. The molecule has 0 saturated carbocycles. The van der Waals surface area contributed by atoms with Gasteiger partial charge in [-0.15, -0.1) is 11.3 Å². The molecule has 1 aromatic heterocycles. The van der Waals surface area contributed by atoms with Crippen LogP contribution in [0.5, 0.6) is 0 Å². The highest BCUT2D eigenvalue weighted by molar-refractivity contribution is 7.09. The van der Waals surface area contributed by atoms with E-state index in [2.05, 4.69) is 38.4 Å². The van der Waals surface area contributed by atoms with Gasteiger partial charge in [-0.1, -0.05) is 20.8 Å². The number of hydrogen-bond acceptors (Lipinski definition) is 4. The van der Waals surface area contributed by atoms with Crippen LogP contribution in [0.15, 0.2) is 5.38 Å². The minimum atomic E-state index is 0.117. The summed E-state index contributed by atoms with van der Waals surface area (Å²) in [6.45, 7) is 11.4. The van der Waals surface area contributed by atoms with Gasteiger partial charge in [-0.05, 0) is 19.8 Å². The van der Waals surface area contributed by atoms with Crippen molar-refractivity contribution in [2.75, 3.05) is 13.2 Å². The van der Waals surface area contributed by atoms with Crippen molar-refractivity contribution < 1.29 is 4.74 Å². The van der Waals surface area contributed by atoms with Crippen LogP contribution in [0, 0.1) is 0 Å². The molecule has 0 aliphatic carbocycles. The van der Waals surface area contributed by atoms with Gasteiger partial charge in [0.15, 0.2) is 0 Å². The number of rotatable bonds is 3. The molecule has 2 rings (SSSR count). The normalized spacial score (nSPS) is 25.3. The second-order valence-corrected chi connectivity index (χ2v) is 7.39. The van der Waals surface area contributed by atoms with Gasteiger partial charge in [0, 0.05) is 29.5 Å². The Morgan fingerprint density at radius 2 is 2.28 bits per heavy atom. The Bertz CT molecular complexity index is 389. The molecule has 18 heavy (non-hydrogen) atoms. The molecule has 0 radical (unpaired) electrons. The summed E-state index contributed by atoms with van der Waals surface area (Å²) >= 11 is 1.75. The first-order chi connectivity index (χ1) is 8.39. The van der Waals surface area contributed by atoms with E-state index in [1.54, 1.807) is 11.3 Å². The van der Waals surface area contributed by atoms with E-state index in [1.165, 1.54) is 17.1 Å². The molecule has 0 aromatic carbocycles. The Morgan fingerprint density at radius 3 is 2.83 bits per heavy atom. The number of thiazole rings is 1. The number of hydrogen-bond donors (Lipinski definition) is 1. The number of ether oxygens (including phenoxy) is 1. The van der Waals surface area contributed by atoms with Crippen molar-refractivity contribution in [3.63, 3.8) is 0 Å². The third kappa shape index (κ3) is 3.53. The van der Waals surface area contributed by atoms with Crippen molar-refractivity contribution in [2.24, 2.45) is 0 Å². The molecule has 102 valence electrons. The second kappa shape index (κ2) is 5.27. The third-order valence-electron chi connectivity index (χ3n) is 3.42. The molecule has 1 aromatic rings. The molecule has 0 amide bonds. The van der Waals surface area contributed by atoms with Gasteiger partial charge in [0.25, 0.3) is 0 Å². The maximum absolute atomic E-state index is 5.55. The predicted octanol–water partition coefficient (Wildman–Crippen LogP) is 3.10. The van der Waals surface area contributed by atoms with Gasteiger partial charge in [-0.25, -0.2) is 4.98 Å². The van der Waals surface area contributed by atoms with Crippen LogP contribution < -0.4 is 5.32 Å². The van der Waals surface area contributed by atoms with Crippen molar-refractivity contribution in [3.05, 3.63) is 16.1 Å². The number of aromatic nitrogens is 1. The van der Waals surface area contributed by atoms with E-state index < -0.39 is 0 Å². The Hall–Kier alpha value is -0.450. The molecule has 1 atom stereocenters. The molecule has 1 N–H and O–H groups in total. The average molecular weight is 268 g/mol. The summed E-state index contributed by atoms with van der Waals surface area (Å²) in [5, 5.41) is 6.95. The van der Waals surface area contributed by atoms with Crippen LogP contribution in [0.1, 0.15) is 51.2 Å². The fourth-order valence-electron chi connectivity index (χ4n) is 2.10. The largest absolute Gasteiger partial charge is 0.380 e. The minimum absolute atomic E-state index is 0.117. The molecular formula is C14H24N2OS. The smallest absolute Gasteiger partial charge is 0.107 e. The summed E-state index contributed by atoms with van der Waals surface area (Å²) in [6, 6.07) is 0. The highest BCUT2D eigenvalue weighted by Gasteiger charge is 2.27. The molecule has 0 spiro atoms. The molecule has 1 fully saturated rings. The predicted molar refractivity (Wildman–Crippen MR) is 76.1 cm³/mol. The van der Waals surface area contributed by atoms with Crippen molar-refractivity contribution in [3.8, 4) is 0 Å². The fourth-order valence-corrected chi connectivity index (χ4v) is 3.06. The first-order valence-electron chi connectivity index (χ1n) is 6.67. The lowest BCUT2D eigenvalue weighted by molar-refractivity contribution is 0.0277. The Balaban J connectivity index is 1.92. The van der Waals surface area contributed by atoms with E-state index >= 15 is 0 Å². The van der Waals surface area contributed by atoms with Gasteiger partial charge in [0.05, 0.1) is 12.3 Å². The van der Waals surface area contributed by atoms with Gasteiger partial charge >= 0.3 is 0 Å². The van der Waals surface area contributed by atoms with Gasteiger partial charge in [-0.3, -0.25) is 0 Å². The third-order valence-corrected chi connectivity index (χ3v) is 4.27. The zero-order chi connectivity index (χ0) is 13.2. The lowest BCUT2D eigenvalue weighted by atomic mass is 9.93. The first kappa shape index (κ1) is 14.0. The fraction of sp³-hybridized carbons (Fsp3) is 0.786. The lowest BCUT2D eigenvalue weighted by Crippen LogP contribution is -2.48. The van der Waals surface area contributed by atoms with Crippen LogP contribution >= 0.6 is 11.3 Å². The maximum atomic E-state index is 5.55. The Kier molecular flexibility index (Phi) is 4.09. The van der Waals surface area contributed by atoms with E-state index in [4.69, 9.17) is 9.72 Å². The quantitative estimate of drug-likeness (QED) is 0.914. The zero-order valence-electron chi connectivity index (χ0n) is 11.9. The monoisotopic (exact) mass is 268 g/mol. The van der Waals surface area contributed by atoms with Gasteiger partial charge < -0.3 is 10.1 Å². The van der Waals surface area contributed by atoms with Crippen LogP contribution in [0.2, 0.25) is 0 Å². The van der Waals surface area contributed by atoms with E-state index in [1.807, 2.05) is 0 Å². The second-order valence-electron chi connectivity index (χ2n) is 6.45. The van der Waals surface area contributed by atoms with Crippen molar-refractivity contribution in [2.45, 2.75) is 58.0 Å². The Labute approximate surface area is 114 Å². The highest BCUT2D eigenvalue weighted by atomic mass is 32.1. The molecule has 3 nitrogen and oxygen atoms in total. The highest BCUT2D eigenvalue weighted by Crippen LogP contribution is 2.25. The van der Waals surface area contributed by atoms with Crippen LogP contribution in [-0.2, 0) is 16.7 Å². The minimum Gasteiger partial charge on any atom is -0.380 e. The lowest BCUT2D eigenvalue weighted by Gasteiger charge is -2.34. The molecule has 1 unspecified atom stereocenters. The van der Waals surface area contributed by atoms with Crippen LogP contribution in [0.4, 0.5) is 0 Å². The number of nitrogens with zero attached hydrogens (tertiary/aromatic N) is 1. The van der Waals surface area contributed by atoms with Crippen LogP contribution in [0.25, 0.3) is 0 Å². The summed E-state index contributed by atoms with van der Waals surface area (Å²) in [5.41, 5.74) is 1.45. The van der Waals surface area contributed by atoms with E-state index in [0.29, 0.717) is 0 Å². The summed E-state index contributed by atoms with van der Waals surface area (Å²) in [6.07, 6.45) is 2.33. The van der Waals surface area contributed by atoms with Gasteiger partial charge in [0.2, 0.25) is 0 Å². The Morgan fingerprint density at radius 1 is 1.50 bits per heavy atom. The SMILES string of the molecule is CC1(NCc2nc(C(C)(C)C)cs2)CCCOC1. The topological polar surface area (TPSA) is 34.2 Å². The zero-order valence-corrected chi connectivity index (χ0v) is 12.7. The molecule has 4 heteroatoms. The first-order valence-corrected chi connectivity index (χ1v) is 7.55. The van der Waals surface area contributed by atoms with Crippen molar-refractivity contribution in [1.82, 2.24) is 10.3 Å². The molecule has 2 heterocycles.